The van der Waals surface area contributed by atoms with Crippen molar-refractivity contribution in [3.63, 3.8) is 0 Å². The third kappa shape index (κ3) is 5.89. The first-order valence-corrected chi connectivity index (χ1v) is 10.7. The quantitative estimate of drug-likeness (QED) is 0.527. The van der Waals surface area contributed by atoms with Crippen LogP contribution in [-0.2, 0) is 0 Å². The second-order valence-electron chi connectivity index (χ2n) is 7.68. The molecule has 5 heteroatoms. The highest BCUT2D eigenvalue weighted by Gasteiger charge is 2.24. The summed E-state index contributed by atoms with van der Waals surface area (Å²) in [5.41, 5.74) is 2.52. The third-order valence-electron chi connectivity index (χ3n) is 5.51. The number of guanidine groups is 1. The molecule has 1 aliphatic heterocycles. The minimum Gasteiger partial charge on any atom is -0.495 e. The lowest BCUT2D eigenvalue weighted by Crippen LogP contribution is -2.40. The third-order valence-corrected chi connectivity index (χ3v) is 5.51. The van der Waals surface area contributed by atoms with Gasteiger partial charge in [-0.2, -0.15) is 0 Å². The first-order valence-electron chi connectivity index (χ1n) is 10.7. The Kier molecular flexibility index (Phi) is 7.79. The van der Waals surface area contributed by atoms with Gasteiger partial charge in [0.1, 0.15) is 5.75 Å². The molecule has 2 aromatic rings. The lowest BCUT2D eigenvalue weighted by Gasteiger charge is -2.21. The molecule has 1 aliphatic rings. The molecule has 0 radical (unpaired) electrons. The fourth-order valence-electron chi connectivity index (χ4n) is 3.81. The molecule has 1 saturated heterocycles. The lowest BCUT2D eigenvalue weighted by atomic mass is 10.0. The van der Waals surface area contributed by atoms with Crippen LogP contribution in [0.1, 0.15) is 31.7 Å². The van der Waals surface area contributed by atoms with Gasteiger partial charge < -0.3 is 20.3 Å². The molecule has 3 rings (SSSR count). The minimum atomic E-state index is 0.402. The molecule has 0 aliphatic carbocycles. The summed E-state index contributed by atoms with van der Waals surface area (Å²) in [4.78, 5) is 7.24. The predicted molar refractivity (Wildman–Crippen MR) is 122 cm³/mol. The molecule has 2 unspecified atom stereocenters. The zero-order chi connectivity index (χ0) is 20.5. The summed E-state index contributed by atoms with van der Waals surface area (Å²) in [5, 5.41) is 6.93. The molecule has 2 N–H and O–H groups in total. The zero-order valence-electron chi connectivity index (χ0n) is 17.9. The molecule has 0 amide bonds. The zero-order valence-corrected chi connectivity index (χ0v) is 17.9. The van der Waals surface area contributed by atoms with Crippen molar-refractivity contribution in [3.05, 3.63) is 60.2 Å². The maximum atomic E-state index is 5.53. The fraction of sp³-hybridized carbons (Fsp3) is 0.458. The normalized spacial score (nSPS) is 17.8. The van der Waals surface area contributed by atoms with Gasteiger partial charge in [-0.1, -0.05) is 49.4 Å². The van der Waals surface area contributed by atoms with Crippen LogP contribution >= 0.6 is 0 Å². The van der Waals surface area contributed by atoms with Crippen LogP contribution in [0.25, 0.3) is 0 Å². The molecule has 0 saturated carbocycles. The van der Waals surface area contributed by atoms with Gasteiger partial charge in [0.15, 0.2) is 5.96 Å². The average Bonchev–Trinajstić information content (AvgIpc) is 3.25. The van der Waals surface area contributed by atoms with Gasteiger partial charge in [0, 0.05) is 38.6 Å². The molecular weight excluding hydrogens is 360 g/mol. The van der Waals surface area contributed by atoms with Gasteiger partial charge in [-0.3, -0.25) is 4.99 Å². The van der Waals surface area contributed by atoms with E-state index in [9.17, 15) is 0 Å². The predicted octanol–water partition coefficient (Wildman–Crippen LogP) is 3.88. The van der Waals surface area contributed by atoms with Crippen LogP contribution in [0.3, 0.4) is 0 Å². The average molecular weight is 395 g/mol. The molecule has 0 spiro atoms. The van der Waals surface area contributed by atoms with Crippen LogP contribution < -0.4 is 20.3 Å². The van der Waals surface area contributed by atoms with Crippen molar-refractivity contribution < 1.29 is 4.74 Å². The van der Waals surface area contributed by atoms with Gasteiger partial charge >= 0.3 is 0 Å². The van der Waals surface area contributed by atoms with E-state index in [-0.39, 0.29) is 0 Å². The summed E-state index contributed by atoms with van der Waals surface area (Å²) in [6.07, 6.45) is 1.17. The Morgan fingerprint density at radius 3 is 2.66 bits per heavy atom. The summed E-state index contributed by atoms with van der Waals surface area (Å²) in [6.45, 7) is 9.00. The molecule has 0 aromatic heterocycles. The van der Waals surface area contributed by atoms with Crippen LogP contribution in [0, 0.1) is 5.92 Å². The Bertz CT molecular complexity index is 777. The second-order valence-corrected chi connectivity index (χ2v) is 7.68. The van der Waals surface area contributed by atoms with E-state index in [1.807, 2.05) is 12.1 Å². The molecule has 1 heterocycles. The number of nitrogens with zero attached hydrogens (tertiary/aromatic N) is 2. The van der Waals surface area contributed by atoms with Gasteiger partial charge in [-0.15, -0.1) is 0 Å². The van der Waals surface area contributed by atoms with E-state index in [4.69, 9.17) is 9.73 Å². The Morgan fingerprint density at radius 1 is 1.14 bits per heavy atom. The largest absolute Gasteiger partial charge is 0.495 e. The summed E-state index contributed by atoms with van der Waals surface area (Å²) >= 11 is 0. The number of rotatable bonds is 8. The van der Waals surface area contributed by atoms with E-state index in [0.29, 0.717) is 11.8 Å². The molecule has 2 aromatic carbocycles. The molecule has 2 atom stereocenters. The van der Waals surface area contributed by atoms with Gasteiger partial charge in [-0.25, -0.2) is 0 Å². The smallest absolute Gasteiger partial charge is 0.191 e. The van der Waals surface area contributed by atoms with Crippen molar-refractivity contribution in [1.29, 1.82) is 0 Å². The fourth-order valence-corrected chi connectivity index (χ4v) is 3.81. The highest BCUT2D eigenvalue weighted by atomic mass is 16.5. The highest BCUT2D eigenvalue weighted by Crippen LogP contribution is 2.31. The summed E-state index contributed by atoms with van der Waals surface area (Å²) in [7, 11) is 1.74. The number of hydrogen-bond donors (Lipinski definition) is 2. The van der Waals surface area contributed by atoms with E-state index in [1.54, 1.807) is 7.11 Å². The van der Waals surface area contributed by atoms with Gasteiger partial charge in [-0.05, 0) is 37.0 Å². The van der Waals surface area contributed by atoms with E-state index in [0.717, 1.165) is 44.4 Å². The maximum absolute atomic E-state index is 5.53. The molecular formula is C24H34N4O. The molecule has 5 nitrogen and oxygen atoms in total. The van der Waals surface area contributed by atoms with Crippen molar-refractivity contribution in [2.75, 3.05) is 44.7 Å². The van der Waals surface area contributed by atoms with E-state index < -0.39 is 0 Å². The number of nitrogens with one attached hydrogen (secondary N) is 2. The Balaban J connectivity index is 1.53. The van der Waals surface area contributed by atoms with Crippen molar-refractivity contribution in [1.82, 2.24) is 10.6 Å². The van der Waals surface area contributed by atoms with Gasteiger partial charge in [0.25, 0.3) is 0 Å². The van der Waals surface area contributed by atoms with E-state index in [1.165, 1.54) is 17.7 Å². The number of para-hydroxylation sites is 2. The molecule has 29 heavy (non-hydrogen) atoms. The van der Waals surface area contributed by atoms with Crippen LogP contribution in [0.5, 0.6) is 5.75 Å². The number of methoxy groups -OCH3 is 1. The summed E-state index contributed by atoms with van der Waals surface area (Å²) < 4.78 is 5.53. The van der Waals surface area contributed by atoms with Crippen LogP contribution in [0.2, 0.25) is 0 Å². The minimum absolute atomic E-state index is 0.402. The van der Waals surface area contributed by atoms with Gasteiger partial charge in [0.2, 0.25) is 0 Å². The van der Waals surface area contributed by atoms with Crippen LogP contribution in [0.15, 0.2) is 59.6 Å². The van der Waals surface area contributed by atoms with Gasteiger partial charge in [0.05, 0.1) is 12.8 Å². The Morgan fingerprint density at radius 2 is 1.90 bits per heavy atom. The first kappa shape index (κ1) is 21.0. The van der Waals surface area contributed by atoms with Crippen LogP contribution in [0.4, 0.5) is 5.69 Å². The topological polar surface area (TPSA) is 48.9 Å². The van der Waals surface area contributed by atoms with Crippen molar-refractivity contribution in [2.24, 2.45) is 10.9 Å². The maximum Gasteiger partial charge on any atom is 0.191 e. The van der Waals surface area contributed by atoms with Crippen molar-refractivity contribution in [2.45, 2.75) is 26.2 Å². The van der Waals surface area contributed by atoms with E-state index in [2.05, 4.69) is 71.8 Å². The highest BCUT2D eigenvalue weighted by molar-refractivity contribution is 5.79. The van der Waals surface area contributed by atoms with Crippen molar-refractivity contribution >= 4 is 11.6 Å². The van der Waals surface area contributed by atoms with Crippen molar-refractivity contribution in [3.8, 4) is 5.75 Å². The molecule has 0 bridgehead atoms. The molecule has 1 fully saturated rings. The number of aliphatic imine (C=N–C) groups is 1. The number of ether oxygens (including phenoxy) is 1. The number of anilines is 1. The second kappa shape index (κ2) is 10.7. The SMILES string of the molecule is CCNC(=NCC(C)c1ccccc1)NCC1CCN(c2ccccc2OC)C1. The standard InChI is InChI=1S/C24H34N4O/c1-4-25-24(26-16-19(2)21-10-6-5-7-11-21)27-17-20-14-15-28(18-20)22-12-8-9-13-23(22)29-3/h5-13,19-20H,4,14-18H2,1-3H3,(H2,25,26,27). The van der Waals surface area contributed by atoms with E-state index >= 15 is 0 Å². The van der Waals surface area contributed by atoms with Crippen LogP contribution in [-0.4, -0.2) is 45.8 Å². The monoisotopic (exact) mass is 394 g/mol. The lowest BCUT2D eigenvalue weighted by molar-refractivity contribution is 0.414. The Hall–Kier alpha value is -2.69. The number of hydrogen-bond acceptors (Lipinski definition) is 3. The Labute approximate surface area is 175 Å². The molecule has 156 valence electrons. The first-order chi connectivity index (χ1) is 14.2. The summed E-state index contributed by atoms with van der Waals surface area (Å²) in [6, 6.07) is 18.9. The number of benzene rings is 2. The summed E-state index contributed by atoms with van der Waals surface area (Å²) in [5.74, 6) is 2.85.